The predicted molar refractivity (Wildman–Crippen MR) is 65.4 cm³/mol. The minimum Gasteiger partial charge on any atom is -0.480 e. The van der Waals surface area contributed by atoms with Crippen molar-refractivity contribution in [3.05, 3.63) is 24.5 Å². The highest BCUT2D eigenvalue weighted by atomic mass is 32.2. The molecule has 0 spiro atoms. The lowest BCUT2D eigenvalue weighted by Crippen LogP contribution is -2.48. The highest BCUT2D eigenvalue weighted by Gasteiger charge is 2.35. The largest absolute Gasteiger partial charge is 0.480 e. The number of carbonyl (C=O) groups is 1. The van der Waals surface area contributed by atoms with E-state index in [4.69, 9.17) is 5.11 Å². The summed E-state index contributed by atoms with van der Waals surface area (Å²) in [4.78, 5) is 14.8. The van der Waals surface area contributed by atoms with Gasteiger partial charge in [0.2, 0.25) is 10.0 Å². The molecule has 0 saturated carbocycles. The van der Waals surface area contributed by atoms with Gasteiger partial charge in [0, 0.05) is 12.4 Å². The second-order valence-corrected chi connectivity index (χ2v) is 6.66. The van der Waals surface area contributed by atoms with Crippen LogP contribution >= 0.6 is 0 Å². The van der Waals surface area contributed by atoms with E-state index in [0.717, 1.165) is 0 Å². The maximum absolute atomic E-state index is 12.0. The quantitative estimate of drug-likeness (QED) is 0.847. The molecule has 1 rings (SSSR count). The first-order chi connectivity index (χ1) is 8.14. The van der Waals surface area contributed by atoms with E-state index in [0.29, 0.717) is 0 Å². The number of aliphatic carboxylic acids is 1. The number of nitrogens with one attached hydrogen (secondary N) is 1. The lowest BCUT2D eigenvalue weighted by Gasteiger charge is -2.27. The molecule has 0 amide bonds. The van der Waals surface area contributed by atoms with Crippen molar-refractivity contribution in [2.75, 3.05) is 0 Å². The molecule has 1 heterocycles. The van der Waals surface area contributed by atoms with Crippen molar-refractivity contribution in [1.82, 2.24) is 9.71 Å². The van der Waals surface area contributed by atoms with Gasteiger partial charge in [-0.1, -0.05) is 20.8 Å². The molecule has 0 fully saturated rings. The highest BCUT2D eigenvalue weighted by molar-refractivity contribution is 7.89. The summed E-state index contributed by atoms with van der Waals surface area (Å²) in [5, 5.41) is 9.08. The summed E-state index contributed by atoms with van der Waals surface area (Å²) in [7, 11) is -3.88. The van der Waals surface area contributed by atoms with Crippen LogP contribution in [-0.4, -0.2) is 30.5 Å². The Morgan fingerprint density at radius 2 is 2.06 bits per heavy atom. The number of nitrogens with zero attached hydrogens (tertiary/aromatic N) is 1. The first kappa shape index (κ1) is 14.6. The fourth-order valence-corrected chi connectivity index (χ4v) is 2.68. The maximum atomic E-state index is 12.0. The van der Waals surface area contributed by atoms with E-state index < -0.39 is 27.4 Å². The van der Waals surface area contributed by atoms with Crippen molar-refractivity contribution in [2.24, 2.45) is 5.41 Å². The Kier molecular flexibility index (Phi) is 4.08. The summed E-state index contributed by atoms with van der Waals surface area (Å²) >= 11 is 0. The smallest absolute Gasteiger partial charge is 0.322 e. The van der Waals surface area contributed by atoms with Crippen LogP contribution in [0.3, 0.4) is 0 Å². The van der Waals surface area contributed by atoms with Crippen molar-refractivity contribution in [1.29, 1.82) is 0 Å². The Labute approximate surface area is 106 Å². The number of rotatable bonds is 4. The Balaban J connectivity index is 3.06. The van der Waals surface area contributed by atoms with Gasteiger partial charge in [-0.15, -0.1) is 0 Å². The Bertz CT molecular complexity index is 520. The van der Waals surface area contributed by atoms with Gasteiger partial charge in [0.1, 0.15) is 10.9 Å². The van der Waals surface area contributed by atoms with E-state index in [1.807, 2.05) is 0 Å². The Hall–Kier alpha value is -1.47. The number of pyridine rings is 1. The van der Waals surface area contributed by atoms with Gasteiger partial charge in [-0.3, -0.25) is 9.78 Å². The number of hydrogen-bond donors (Lipinski definition) is 2. The van der Waals surface area contributed by atoms with Gasteiger partial charge in [-0.2, -0.15) is 4.72 Å². The minimum absolute atomic E-state index is 0.0551. The van der Waals surface area contributed by atoms with Crippen molar-refractivity contribution in [3.63, 3.8) is 0 Å². The van der Waals surface area contributed by atoms with E-state index in [-0.39, 0.29) is 4.90 Å². The van der Waals surface area contributed by atoms with E-state index in [1.54, 1.807) is 20.8 Å². The van der Waals surface area contributed by atoms with Gasteiger partial charge in [0.05, 0.1) is 0 Å². The van der Waals surface area contributed by atoms with Crippen molar-refractivity contribution >= 4 is 16.0 Å². The van der Waals surface area contributed by atoms with Crippen LogP contribution in [0.1, 0.15) is 20.8 Å². The molecular weight excluding hydrogens is 256 g/mol. The SMILES string of the molecule is CC(C)(C)[C@H](NS(=O)(=O)c1cccnc1)C(=O)O. The van der Waals surface area contributed by atoms with Crippen LogP contribution in [0.15, 0.2) is 29.4 Å². The lowest BCUT2D eigenvalue weighted by molar-refractivity contribution is -0.141. The van der Waals surface area contributed by atoms with Crippen molar-refractivity contribution in [2.45, 2.75) is 31.7 Å². The summed E-state index contributed by atoms with van der Waals surface area (Å²) in [5.41, 5.74) is -0.735. The van der Waals surface area contributed by atoms with Crippen LogP contribution in [0.4, 0.5) is 0 Å². The number of hydrogen-bond acceptors (Lipinski definition) is 4. The molecule has 2 N–H and O–H groups in total. The molecule has 6 nitrogen and oxygen atoms in total. The second kappa shape index (κ2) is 5.03. The van der Waals surface area contributed by atoms with Gasteiger partial charge < -0.3 is 5.11 Å². The fraction of sp³-hybridized carbons (Fsp3) is 0.455. The van der Waals surface area contributed by atoms with Crippen LogP contribution in [0.5, 0.6) is 0 Å². The lowest BCUT2D eigenvalue weighted by atomic mass is 9.88. The van der Waals surface area contributed by atoms with Gasteiger partial charge in [0.15, 0.2) is 0 Å². The van der Waals surface area contributed by atoms with E-state index >= 15 is 0 Å². The van der Waals surface area contributed by atoms with Crippen LogP contribution in [-0.2, 0) is 14.8 Å². The van der Waals surface area contributed by atoms with Gasteiger partial charge in [-0.25, -0.2) is 8.42 Å². The fourth-order valence-electron chi connectivity index (χ4n) is 1.33. The average molecular weight is 272 g/mol. The zero-order chi connectivity index (χ0) is 14.0. The molecule has 0 saturated heterocycles. The monoisotopic (exact) mass is 272 g/mol. The Morgan fingerprint density at radius 3 is 2.44 bits per heavy atom. The first-order valence-electron chi connectivity index (χ1n) is 5.30. The maximum Gasteiger partial charge on any atom is 0.322 e. The van der Waals surface area contributed by atoms with Crippen molar-refractivity contribution in [3.8, 4) is 0 Å². The molecule has 18 heavy (non-hydrogen) atoms. The van der Waals surface area contributed by atoms with Gasteiger partial charge in [0.25, 0.3) is 0 Å². The number of aromatic nitrogens is 1. The average Bonchev–Trinajstić information content (AvgIpc) is 2.25. The summed E-state index contributed by atoms with van der Waals surface area (Å²) in [6.07, 6.45) is 2.61. The number of carboxylic acids is 1. The topological polar surface area (TPSA) is 96.4 Å². The van der Waals surface area contributed by atoms with E-state index in [9.17, 15) is 13.2 Å². The van der Waals surface area contributed by atoms with Gasteiger partial charge in [-0.05, 0) is 17.5 Å². The molecule has 0 radical (unpaired) electrons. The zero-order valence-electron chi connectivity index (χ0n) is 10.4. The third-order valence-electron chi connectivity index (χ3n) is 2.33. The molecule has 1 aromatic rings. The normalized spacial score (nSPS) is 14.2. The van der Waals surface area contributed by atoms with Crippen LogP contribution < -0.4 is 4.72 Å². The van der Waals surface area contributed by atoms with Crippen molar-refractivity contribution < 1.29 is 18.3 Å². The van der Waals surface area contributed by atoms with Crippen LogP contribution in [0, 0.1) is 5.41 Å². The molecule has 7 heteroatoms. The molecule has 0 aliphatic heterocycles. The summed E-state index contributed by atoms with van der Waals surface area (Å²) in [5.74, 6) is -1.21. The van der Waals surface area contributed by atoms with E-state index in [2.05, 4.69) is 9.71 Å². The molecule has 100 valence electrons. The zero-order valence-corrected chi connectivity index (χ0v) is 11.2. The molecule has 1 aromatic heterocycles. The first-order valence-corrected chi connectivity index (χ1v) is 6.78. The second-order valence-electron chi connectivity index (χ2n) is 4.95. The molecule has 0 aliphatic rings. The van der Waals surface area contributed by atoms with Crippen LogP contribution in [0.2, 0.25) is 0 Å². The predicted octanol–water partition coefficient (Wildman–Crippen LogP) is 0.859. The summed E-state index contributed by atoms with van der Waals surface area (Å²) in [6.45, 7) is 4.95. The Morgan fingerprint density at radius 1 is 1.44 bits per heavy atom. The van der Waals surface area contributed by atoms with Gasteiger partial charge >= 0.3 is 5.97 Å². The van der Waals surface area contributed by atoms with E-state index in [1.165, 1.54) is 24.5 Å². The number of carboxylic acid groups (broad SMARTS) is 1. The molecule has 0 unspecified atom stereocenters. The number of sulfonamides is 1. The summed E-state index contributed by atoms with van der Waals surface area (Å²) < 4.78 is 26.1. The standard InChI is InChI=1S/C11H16N2O4S/c1-11(2,3)9(10(14)15)13-18(16,17)8-5-4-6-12-7-8/h4-7,9,13H,1-3H3,(H,14,15)/t9-/m1/s1. The molecule has 1 atom stereocenters. The third kappa shape index (κ3) is 3.51. The molecular formula is C11H16N2O4S. The minimum atomic E-state index is -3.88. The molecule has 0 aliphatic carbocycles. The highest BCUT2D eigenvalue weighted by Crippen LogP contribution is 2.21. The van der Waals surface area contributed by atoms with Crippen LogP contribution in [0.25, 0.3) is 0 Å². The third-order valence-corrected chi connectivity index (χ3v) is 3.74. The summed E-state index contributed by atoms with van der Waals surface area (Å²) in [6, 6.07) is 1.63. The molecule has 0 aromatic carbocycles. The molecule has 0 bridgehead atoms.